The molecule has 0 aliphatic carbocycles. The Hall–Kier alpha value is -2.35. The van der Waals surface area contributed by atoms with Crippen LogP contribution in [0.3, 0.4) is 0 Å². The van der Waals surface area contributed by atoms with Crippen molar-refractivity contribution in [2.45, 2.75) is 25.9 Å². The molecule has 2 atom stereocenters. The van der Waals surface area contributed by atoms with E-state index in [1.807, 2.05) is 6.07 Å². The lowest BCUT2D eigenvalue weighted by Gasteiger charge is -2.24. The first-order valence-corrected chi connectivity index (χ1v) is 9.35. The molecule has 3 rings (SSSR count). The largest absolute Gasteiger partial charge is 0.481 e. The summed E-state index contributed by atoms with van der Waals surface area (Å²) in [5.41, 5.74) is 2.46. The van der Waals surface area contributed by atoms with Gasteiger partial charge in [0.25, 0.3) is 5.91 Å². The first-order valence-electron chi connectivity index (χ1n) is 8.97. The van der Waals surface area contributed by atoms with Crippen molar-refractivity contribution in [2.24, 2.45) is 10.9 Å². The number of hydrogen-bond acceptors (Lipinski definition) is 6. The minimum atomic E-state index is -0.552. The highest BCUT2D eigenvalue weighted by atomic mass is 35.5. The third kappa shape index (κ3) is 4.92. The Morgan fingerprint density at radius 2 is 2.32 bits per heavy atom. The second-order valence-electron chi connectivity index (χ2n) is 6.63. The van der Waals surface area contributed by atoms with Crippen LogP contribution in [0.5, 0.6) is 5.88 Å². The fourth-order valence-corrected chi connectivity index (χ4v) is 3.10. The molecule has 8 heteroatoms. The van der Waals surface area contributed by atoms with E-state index in [4.69, 9.17) is 21.1 Å². The average molecular weight is 404 g/mol. The third-order valence-corrected chi connectivity index (χ3v) is 5.08. The molecular weight excluding hydrogens is 382 g/mol. The van der Waals surface area contributed by atoms with Gasteiger partial charge >= 0.3 is 0 Å². The van der Waals surface area contributed by atoms with Crippen molar-refractivity contribution in [3.05, 3.63) is 51.9 Å². The van der Waals surface area contributed by atoms with Crippen molar-refractivity contribution >= 4 is 23.7 Å². The zero-order valence-corrected chi connectivity index (χ0v) is 16.5. The maximum Gasteiger partial charge on any atom is 0.295 e. The van der Waals surface area contributed by atoms with Crippen LogP contribution in [0.4, 0.5) is 0 Å². The maximum absolute atomic E-state index is 12.5. The number of aliphatic hydroxyl groups is 1. The quantitative estimate of drug-likeness (QED) is 0.771. The van der Waals surface area contributed by atoms with Gasteiger partial charge in [0, 0.05) is 37.4 Å². The fourth-order valence-electron chi connectivity index (χ4n) is 2.94. The number of carbonyl (C=O) groups excluding carboxylic acids is 1. The number of halogens is 1. The van der Waals surface area contributed by atoms with Crippen LogP contribution in [0.1, 0.15) is 33.7 Å². The molecule has 28 heavy (non-hydrogen) atoms. The number of pyridine rings is 2. The molecule has 1 amide bonds. The van der Waals surface area contributed by atoms with Crippen LogP contribution in [-0.2, 0) is 11.2 Å². The van der Waals surface area contributed by atoms with E-state index in [2.05, 4.69) is 15.0 Å². The zero-order chi connectivity index (χ0) is 20.1. The van der Waals surface area contributed by atoms with Crippen LogP contribution in [0, 0.1) is 12.8 Å². The molecule has 1 N–H and O–H groups in total. The Bertz CT molecular complexity index is 870. The predicted molar refractivity (Wildman–Crippen MR) is 105 cm³/mol. The number of ether oxygens (including phenoxy) is 2. The van der Waals surface area contributed by atoms with Crippen LogP contribution in [0.15, 0.2) is 29.4 Å². The summed E-state index contributed by atoms with van der Waals surface area (Å²) in [7, 11) is 1.56. The van der Waals surface area contributed by atoms with Gasteiger partial charge in [-0.2, -0.15) is 0 Å². The van der Waals surface area contributed by atoms with Crippen molar-refractivity contribution in [3.63, 3.8) is 0 Å². The summed E-state index contributed by atoms with van der Waals surface area (Å²) in [6.45, 7) is 2.61. The van der Waals surface area contributed by atoms with Gasteiger partial charge in [-0.25, -0.2) is 15.0 Å². The van der Waals surface area contributed by atoms with E-state index in [9.17, 15) is 9.90 Å². The van der Waals surface area contributed by atoms with Crippen LogP contribution in [0.2, 0.25) is 5.02 Å². The Morgan fingerprint density at radius 1 is 1.50 bits per heavy atom. The van der Waals surface area contributed by atoms with Crippen LogP contribution < -0.4 is 4.74 Å². The van der Waals surface area contributed by atoms with E-state index in [0.717, 1.165) is 11.1 Å². The van der Waals surface area contributed by atoms with E-state index in [0.29, 0.717) is 42.7 Å². The molecule has 0 saturated carbocycles. The van der Waals surface area contributed by atoms with E-state index in [-0.39, 0.29) is 11.6 Å². The van der Waals surface area contributed by atoms with Crippen molar-refractivity contribution < 1.29 is 19.4 Å². The molecule has 0 aromatic carbocycles. The number of carbonyl (C=O) groups is 1. The molecule has 0 spiro atoms. The summed E-state index contributed by atoms with van der Waals surface area (Å²) in [6, 6.07) is 5.31. The van der Waals surface area contributed by atoms with Gasteiger partial charge in [0.05, 0.1) is 30.5 Å². The van der Waals surface area contributed by atoms with Gasteiger partial charge in [-0.15, -0.1) is 0 Å². The monoisotopic (exact) mass is 403 g/mol. The van der Waals surface area contributed by atoms with Crippen LogP contribution in [-0.4, -0.2) is 53.6 Å². The number of nitrogens with zero attached hydrogens (tertiary/aromatic N) is 3. The molecule has 3 heterocycles. The van der Waals surface area contributed by atoms with Crippen molar-refractivity contribution in [1.82, 2.24) is 9.97 Å². The number of amides is 1. The lowest BCUT2D eigenvalue weighted by Crippen LogP contribution is -2.32. The number of aliphatic imine (C=N–C) groups is 1. The first-order chi connectivity index (χ1) is 13.5. The lowest BCUT2D eigenvalue weighted by atomic mass is 10.0. The minimum absolute atomic E-state index is 0.209. The Balaban J connectivity index is 1.78. The second-order valence-corrected chi connectivity index (χ2v) is 7.01. The van der Waals surface area contributed by atoms with Gasteiger partial charge in [0.2, 0.25) is 5.88 Å². The molecule has 1 fully saturated rings. The van der Waals surface area contributed by atoms with Gasteiger partial charge in [-0.1, -0.05) is 17.7 Å². The normalized spacial score (nSPS) is 19.7. The highest BCUT2D eigenvalue weighted by Crippen LogP contribution is 2.24. The van der Waals surface area contributed by atoms with Crippen molar-refractivity contribution in [1.29, 1.82) is 0 Å². The molecule has 7 nitrogen and oxygen atoms in total. The van der Waals surface area contributed by atoms with Gasteiger partial charge in [0.1, 0.15) is 5.69 Å². The Morgan fingerprint density at radius 3 is 3.00 bits per heavy atom. The minimum Gasteiger partial charge on any atom is -0.481 e. The third-order valence-electron chi connectivity index (χ3n) is 4.56. The standard InChI is InChI=1S/C20H22ClN3O4/c1-12-19(21)14(7-13-3-4-18(27-2)22-9-13)8-16(24-12)20(26)23-10-15-11-28-6-5-17(15)25/h3-4,8-10,15,17,25H,5-7,11H2,1-2H3/b23-10+/t15?,17-/m0/s1. The molecule has 148 valence electrons. The van der Waals surface area contributed by atoms with Crippen molar-refractivity contribution in [3.8, 4) is 5.88 Å². The second kappa shape index (κ2) is 9.23. The zero-order valence-electron chi connectivity index (χ0n) is 15.8. The Kier molecular flexibility index (Phi) is 6.72. The highest BCUT2D eigenvalue weighted by molar-refractivity contribution is 6.32. The van der Waals surface area contributed by atoms with Gasteiger partial charge < -0.3 is 14.6 Å². The number of methoxy groups -OCH3 is 1. The van der Waals surface area contributed by atoms with E-state index >= 15 is 0 Å². The summed E-state index contributed by atoms with van der Waals surface area (Å²) < 4.78 is 10.4. The first kappa shape index (κ1) is 20.4. The predicted octanol–water partition coefficient (Wildman–Crippen LogP) is 2.65. The Labute approximate surface area is 168 Å². The average Bonchev–Trinajstić information content (AvgIpc) is 2.71. The van der Waals surface area contributed by atoms with Gasteiger partial charge in [-0.05, 0) is 30.5 Å². The number of rotatable bonds is 5. The van der Waals surface area contributed by atoms with E-state index in [1.54, 1.807) is 32.4 Å². The van der Waals surface area contributed by atoms with Gasteiger partial charge in [0.15, 0.2) is 0 Å². The lowest BCUT2D eigenvalue weighted by molar-refractivity contribution is -0.00911. The van der Waals surface area contributed by atoms with E-state index < -0.39 is 12.0 Å². The molecule has 0 radical (unpaired) electrons. The summed E-state index contributed by atoms with van der Waals surface area (Å²) in [5.74, 6) is -0.248. The summed E-state index contributed by atoms with van der Waals surface area (Å²) >= 11 is 6.39. The maximum atomic E-state index is 12.5. The van der Waals surface area contributed by atoms with Crippen molar-refractivity contribution in [2.75, 3.05) is 20.3 Å². The number of hydrogen-bond donors (Lipinski definition) is 1. The molecule has 1 unspecified atom stereocenters. The van der Waals surface area contributed by atoms with Gasteiger partial charge in [-0.3, -0.25) is 4.79 Å². The highest BCUT2D eigenvalue weighted by Gasteiger charge is 2.22. The molecule has 0 bridgehead atoms. The molecule has 2 aromatic rings. The molecule has 1 aliphatic rings. The number of aliphatic hydroxyl groups excluding tert-OH is 1. The fraction of sp³-hybridized carbons (Fsp3) is 0.400. The number of aryl methyl sites for hydroxylation is 1. The molecule has 1 aliphatic heterocycles. The smallest absolute Gasteiger partial charge is 0.295 e. The summed E-state index contributed by atoms with van der Waals surface area (Å²) in [5, 5.41) is 10.5. The SMILES string of the molecule is COc1ccc(Cc2cc(C(=O)/N=C/C3COCC[C@@H]3O)nc(C)c2Cl)cn1. The molecular formula is C20H22ClN3O4. The molecule has 2 aromatic heterocycles. The summed E-state index contributed by atoms with van der Waals surface area (Å²) in [6.07, 6.45) is 3.63. The molecule has 1 saturated heterocycles. The number of aromatic nitrogens is 2. The summed E-state index contributed by atoms with van der Waals surface area (Å²) in [4.78, 5) is 24.9. The van der Waals surface area contributed by atoms with Crippen LogP contribution >= 0.6 is 11.6 Å². The van der Waals surface area contributed by atoms with E-state index in [1.165, 1.54) is 6.21 Å². The van der Waals surface area contributed by atoms with Crippen LogP contribution in [0.25, 0.3) is 0 Å². The topological polar surface area (TPSA) is 93.9 Å².